The molecule has 2 heterocycles. The number of nitrogens with one attached hydrogen (secondary N) is 1. The first kappa shape index (κ1) is 25.4. The van der Waals surface area contributed by atoms with Gasteiger partial charge in [-0.25, -0.2) is 13.9 Å². The minimum atomic E-state index is -0.703. The molecule has 1 aliphatic carbocycles. The molecule has 36 heavy (non-hydrogen) atoms. The van der Waals surface area contributed by atoms with E-state index in [-0.39, 0.29) is 35.5 Å². The van der Waals surface area contributed by atoms with Crippen molar-refractivity contribution >= 4 is 17.4 Å². The number of rotatable bonds is 8. The molecule has 3 N–H and O–H groups in total. The second-order valence-electron chi connectivity index (χ2n) is 9.68. The number of unbranched alkanes of at least 4 members (excludes halogenated alkanes) is 1. The van der Waals surface area contributed by atoms with Gasteiger partial charge in [0.05, 0.1) is 5.69 Å². The average molecular weight is 497 g/mol. The van der Waals surface area contributed by atoms with Crippen LogP contribution >= 0.6 is 0 Å². The largest absolute Gasteiger partial charge is 0.383 e. The molecule has 1 aromatic carbocycles. The Morgan fingerprint density at radius 2 is 1.89 bits per heavy atom. The SMILES string of the molecule is CCCCn1c(N)c(N(CC(C)C)C(=O)c2nn(-c3ccc(F)cc3)c3c2CCCC3)c(=O)[nH]c1=O. The van der Waals surface area contributed by atoms with Gasteiger partial charge in [0.25, 0.3) is 11.5 Å². The molecule has 0 saturated carbocycles. The second kappa shape index (κ2) is 10.5. The third-order valence-electron chi connectivity index (χ3n) is 6.47. The first-order valence-electron chi connectivity index (χ1n) is 12.5. The first-order chi connectivity index (χ1) is 17.2. The molecule has 0 aliphatic heterocycles. The minimum Gasteiger partial charge on any atom is -0.383 e. The van der Waals surface area contributed by atoms with E-state index in [0.717, 1.165) is 36.9 Å². The molecule has 0 unspecified atom stereocenters. The molecule has 0 atom stereocenters. The number of nitrogens with zero attached hydrogens (tertiary/aromatic N) is 4. The number of fused-ring (bicyclic) bond motifs is 1. The van der Waals surface area contributed by atoms with Crippen molar-refractivity contribution in [2.45, 2.75) is 65.8 Å². The van der Waals surface area contributed by atoms with E-state index in [9.17, 15) is 18.8 Å². The van der Waals surface area contributed by atoms with Gasteiger partial charge in [0.2, 0.25) is 0 Å². The standard InChI is InChI=1S/C26H33FN6O3/c1-4-5-14-31-23(28)22(24(34)29-26(31)36)32(15-16(2)3)25(35)21-19-8-6-7-9-20(19)33(30-21)18-12-10-17(27)11-13-18/h10-13,16H,4-9,14-15,28H2,1-3H3,(H,29,34,36). The topological polar surface area (TPSA) is 119 Å². The van der Waals surface area contributed by atoms with Crippen molar-refractivity contribution in [3.05, 3.63) is 67.9 Å². The Morgan fingerprint density at radius 3 is 2.56 bits per heavy atom. The van der Waals surface area contributed by atoms with Crippen molar-refractivity contribution in [3.8, 4) is 5.69 Å². The third kappa shape index (κ3) is 4.84. The van der Waals surface area contributed by atoms with Crippen LogP contribution in [0.4, 0.5) is 15.9 Å². The molecule has 0 radical (unpaired) electrons. The molecular weight excluding hydrogens is 463 g/mol. The van der Waals surface area contributed by atoms with Gasteiger partial charge in [-0.1, -0.05) is 27.2 Å². The number of nitrogen functional groups attached to an aromatic ring is 1. The maximum atomic E-state index is 14.1. The number of aromatic amines is 1. The number of nitrogens with two attached hydrogens (primary N) is 1. The van der Waals surface area contributed by atoms with Crippen LogP contribution in [-0.4, -0.2) is 31.8 Å². The monoisotopic (exact) mass is 496 g/mol. The molecule has 0 bridgehead atoms. The average Bonchev–Trinajstić information content (AvgIpc) is 3.23. The number of anilines is 2. The van der Waals surface area contributed by atoms with Crippen LogP contribution in [0.15, 0.2) is 33.9 Å². The summed E-state index contributed by atoms with van der Waals surface area (Å²) in [5, 5.41) is 4.68. The smallest absolute Gasteiger partial charge is 0.330 e. The summed E-state index contributed by atoms with van der Waals surface area (Å²) >= 11 is 0. The number of hydrogen-bond acceptors (Lipinski definition) is 5. The van der Waals surface area contributed by atoms with Gasteiger partial charge in [-0.15, -0.1) is 0 Å². The molecular formula is C26H33FN6O3. The number of carbonyl (C=O) groups excluding carboxylic acids is 1. The van der Waals surface area contributed by atoms with Crippen LogP contribution in [0.25, 0.3) is 5.69 Å². The van der Waals surface area contributed by atoms with E-state index >= 15 is 0 Å². The molecule has 1 amide bonds. The van der Waals surface area contributed by atoms with Crippen LogP contribution in [0.1, 0.15) is 68.2 Å². The number of hydrogen-bond donors (Lipinski definition) is 2. The molecule has 0 fully saturated rings. The van der Waals surface area contributed by atoms with Crippen LogP contribution < -0.4 is 21.9 Å². The van der Waals surface area contributed by atoms with Gasteiger partial charge in [-0.3, -0.25) is 24.0 Å². The van der Waals surface area contributed by atoms with Gasteiger partial charge in [-0.2, -0.15) is 5.10 Å². The van der Waals surface area contributed by atoms with Crippen molar-refractivity contribution < 1.29 is 9.18 Å². The van der Waals surface area contributed by atoms with Crippen LogP contribution in [0.2, 0.25) is 0 Å². The molecule has 2 aromatic heterocycles. The van der Waals surface area contributed by atoms with Crippen molar-refractivity contribution in [2.24, 2.45) is 5.92 Å². The van der Waals surface area contributed by atoms with E-state index in [4.69, 9.17) is 5.73 Å². The third-order valence-corrected chi connectivity index (χ3v) is 6.47. The summed E-state index contributed by atoms with van der Waals surface area (Å²) in [6.45, 7) is 6.41. The summed E-state index contributed by atoms with van der Waals surface area (Å²) in [4.78, 5) is 43.2. The van der Waals surface area contributed by atoms with Gasteiger partial charge in [-0.05, 0) is 62.3 Å². The summed E-state index contributed by atoms with van der Waals surface area (Å²) < 4.78 is 16.6. The Bertz CT molecular complexity index is 1370. The fraction of sp³-hybridized carbons (Fsp3) is 0.462. The molecule has 0 saturated heterocycles. The zero-order chi connectivity index (χ0) is 26.0. The van der Waals surface area contributed by atoms with E-state index in [2.05, 4.69) is 10.1 Å². The highest BCUT2D eigenvalue weighted by atomic mass is 19.1. The normalized spacial score (nSPS) is 13.1. The van der Waals surface area contributed by atoms with Crippen molar-refractivity contribution in [1.82, 2.24) is 19.3 Å². The molecule has 192 valence electrons. The number of aromatic nitrogens is 4. The number of halogens is 1. The predicted octanol–water partition coefficient (Wildman–Crippen LogP) is 3.43. The summed E-state index contributed by atoms with van der Waals surface area (Å²) in [5.41, 5.74) is 7.68. The molecule has 3 aromatic rings. The van der Waals surface area contributed by atoms with E-state index in [0.29, 0.717) is 25.1 Å². The lowest BCUT2D eigenvalue weighted by Gasteiger charge is -2.26. The molecule has 4 rings (SSSR count). The summed E-state index contributed by atoms with van der Waals surface area (Å²) in [6.07, 6.45) is 4.82. The summed E-state index contributed by atoms with van der Waals surface area (Å²) in [6, 6.07) is 5.98. The van der Waals surface area contributed by atoms with E-state index in [1.54, 1.807) is 16.8 Å². The van der Waals surface area contributed by atoms with Gasteiger partial charge in [0.1, 0.15) is 11.6 Å². The van der Waals surface area contributed by atoms with Gasteiger partial charge >= 0.3 is 5.69 Å². The van der Waals surface area contributed by atoms with Crippen molar-refractivity contribution in [1.29, 1.82) is 0 Å². The molecule has 9 nitrogen and oxygen atoms in total. The maximum absolute atomic E-state index is 14.1. The zero-order valence-corrected chi connectivity index (χ0v) is 21.0. The van der Waals surface area contributed by atoms with Crippen LogP contribution in [0.5, 0.6) is 0 Å². The molecule has 0 spiro atoms. The Morgan fingerprint density at radius 1 is 1.19 bits per heavy atom. The quantitative estimate of drug-likeness (QED) is 0.495. The van der Waals surface area contributed by atoms with E-state index in [1.165, 1.54) is 21.6 Å². The van der Waals surface area contributed by atoms with Crippen molar-refractivity contribution in [2.75, 3.05) is 17.2 Å². The fourth-order valence-corrected chi connectivity index (χ4v) is 4.71. The van der Waals surface area contributed by atoms with Gasteiger partial charge in [0.15, 0.2) is 11.4 Å². The van der Waals surface area contributed by atoms with E-state index < -0.39 is 17.2 Å². The Hall–Kier alpha value is -3.69. The van der Waals surface area contributed by atoms with Crippen molar-refractivity contribution in [3.63, 3.8) is 0 Å². The molecule has 10 heteroatoms. The Kier molecular flexibility index (Phi) is 7.42. The summed E-state index contributed by atoms with van der Waals surface area (Å²) in [5.74, 6) is -0.815. The number of carbonyl (C=O) groups is 1. The fourth-order valence-electron chi connectivity index (χ4n) is 4.71. The van der Waals surface area contributed by atoms with Crippen LogP contribution in [0, 0.1) is 11.7 Å². The second-order valence-corrected chi connectivity index (χ2v) is 9.68. The van der Waals surface area contributed by atoms with E-state index in [1.807, 2.05) is 20.8 Å². The molecule has 1 aliphatic rings. The zero-order valence-electron chi connectivity index (χ0n) is 21.0. The first-order valence-corrected chi connectivity index (χ1v) is 12.5. The lowest BCUT2D eigenvalue weighted by Crippen LogP contribution is -2.43. The highest BCUT2D eigenvalue weighted by molar-refractivity contribution is 6.07. The predicted molar refractivity (Wildman–Crippen MR) is 137 cm³/mol. The number of H-pyrrole nitrogens is 1. The maximum Gasteiger partial charge on any atom is 0.330 e. The lowest BCUT2D eigenvalue weighted by atomic mass is 9.95. The van der Waals surface area contributed by atoms with Gasteiger partial charge in [0, 0.05) is 24.3 Å². The Labute approximate surface area is 208 Å². The van der Waals surface area contributed by atoms with Gasteiger partial charge < -0.3 is 5.73 Å². The highest BCUT2D eigenvalue weighted by Crippen LogP contribution is 2.29. The van der Waals surface area contributed by atoms with Crippen LogP contribution in [0.3, 0.4) is 0 Å². The minimum absolute atomic E-state index is 0.0128. The lowest BCUT2D eigenvalue weighted by molar-refractivity contribution is 0.0977. The number of amides is 1. The number of benzene rings is 1. The highest BCUT2D eigenvalue weighted by Gasteiger charge is 2.32. The van der Waals surface area contributed by atoms with Crippen LogP contribution in [-0.2, 0) is 19.4 Å². The Balaban J connectivity index is 1.86. The summed E-state index contributed by atoms with van der Waals surface area (Å²) in [7, 11) is 0.